The van der Waals surface area contributed by atoms with Crippen LogP contribution in [0, 0.1) is 5.92 Å². The molecule has 2 N–H and O–H groups in total. The van der Waals surface area contributed by atoms with Gasteiger partial charge in [0.1, 0.15) is 5.76 Å². The summed E-state index contributed by atoms with van der Waals surface area (Å²) >= 11 is 0. The highest BCUT2D eigenvalue weighted by Crippen LogP contribution is 2.03. The van der Waals surface area contributed by atoms with Crippen molar-refractivity contribution in [3.8, 4) is 0 Å². The van der Waals surface area contributed by atoms with Gasteiger partial charge in [-0.15, -0.1) is 0 Å². The third-order valence-electron chi connectivity index (χ3n) is 2.34. The lowest BCUT2D eigenvalue weighted by Gasteiger charge is -2.13. The number of carbonyl (C=O) groups excluding carboxylic acids is 2. The lowest BCUT2D eigenvalue weighted by molar-refractivity contribution is -0.139. The van der Waals surface area contributed by atoms with E-state index in [-0.39, 0.29) is 6.04 Å². The number of nitrogens with one attached hydrogen (secondary N) is 2. The van der Waals surface area contributed by atoms with Gasteiger partial charge in [-0.3, -0.25) is 9.59 Å². The summed E-state index contributed by atoms with van der Waals surface area (Å²) in [6.07, 6.45) is 2.15. The molecule has 1 aromatic rings. The molecule has 1 unspecified atom stereocenters. The zero-order valence-electron chi connectivity index (χ0n) is 11.0. The standard InChI is InChI=1S/C13H20N2O3/c1-9(2)8-14-12(16)13(17)15-10(3)7-11-5-4-6-18-11/h4-6,9-10H,7-8H2,1-3H3,(H,14,16)(H,15,17). The monoisotopic (exact) mass is 252 g/mol. The molecule has 0 aromatic carbocycles. The van der Waals surface area contributed by atoms with Crippen molar-refractivity contribution in [1.29, 1.82) is 0 Å². The van der Waals surface area contributed by atoms with Gasteiger partial charge in [-0.25, -0.2) is 0 Å². The quantitative estimate of drug-likeness (QED) is 0.771. The van der Waals surface area contributed by atoms with Crippen molar-refractivity contribution < 1.29 is 14.0 Å². The van der Waals surface area contributed by atoms with E-state index in [0.29, 0.717) is 18.9 Å². The van der Waals surface area contributed by atoms with Gasteiger partial charge in [0.2, 0.25) is 0 Å². The molecule has 0 fully saturated rings. The first kappa shape index (κ1) is 14.3. The van der Waals surface area contributed by atoms with Crippen LogP contribution in [0.2, 0.25) is 0 Å². The average Bonchev–Trinajstić information content (AvgIpc) is 2.78. The highest BCUT2D eigenvalue weighted by Gasteiger charge is 2.16. The van der Waals surface area contributed by atoms with Crippen molar-refractivity contribution in [2.45, 2.75) is 33.2 Å². The van der Waals surface area contributed by atoms with E-state index >= 15 is 0 Å². The van der Waals surface area contributed by atoms with Gasteiger partial charge in [0.15, 0.2) is 0 Å². The molecular weight excluding hydrogens is 232 g/mol. The molecule has 1 rings (SSSR count). The molecule has 0 radical (unpaired) electrons. The number of hydrogen-bond acceptors (Lipinski definition) is 3. The van der Waals surface area contributed by atoms with Gasteiger partial charge < -0.3 is 15.1 Å². The van der Waals surface area contributed by atoms with E-state index in [0.717, 1.165) is 5.76 Å². The molecular formula is C13H20N2O3. The second-order valence-electron chi connectivity index (χ2n) is 4.76. The van der Waals surface area contributed by atoms with E-state index in [1.807, 2.05) is 26.8 Å². The maximum Gasteiger partial charge on any atom is 0.309 e. The Kier molecular flexibility index (Phi) is 5.42. The van der Waals surface area contributed by atoms with Crippen molar-refractivity contribution in [3.05, 3.63) is 24.2 Å². The van der Waals surface area contributed by atoms with Crippen LogP contribution in [-0.4, -0.2) is 24.4 Å². The summed E-state index contributed by atoms with van der Waals surface area (Å²) in [5.74, 6) is -0.0858. The van der Waals surface area contributed by atoms with Gasteiger partial charge in [-0.1, -0.05) is 13.8 Å². The number of carbonyl (C=O) groups is 2. The lowest BCUT2D eigenvalue weighted by atomic mass is 10.2. The fourth-order valence-electron chi connectivity index (χ4n) is 1.45. The lowest BCUT2D eigenvalue weighted by Crippen LogP contribution is -2.45. The first-order chi connectivity index (χ1) is 8.49. The Balaban J connectivity index is 2.32. The second-order valence-corrected chi connectivity index (χ2v) is 4.76. The zero-order chi connectivity index (χ0) is 13.5. The Hall–Kier alpha value is -1.78. The highest BCUT2D eigenvalue weighted by atomic mass is 16.3. The normalized spacial score (nSPS) is 12.2. The van der Waals surface area contributed by atoms with Crippen LogP contribution in [0.4, 0.5) is 0 Å². The second kappa shape index (κ2) is 6.83. The van der Waals surface area contributed by atoms with E-state index in [4.69, 9.17) is 4.42 Å². The van der Waals surface area contributed by atoms with Gasteiger partial charge >= 0.3 is 11.8 Å². The molecule has 1 atom stereocenters. The van der Waals surface area contributed by atoms with Crippen molar-refractivity contribution in [2.75, 3.05) is 6.54 Å². The smallest absolute Gasteiger partial charge is 0.309 e. The molecule has 0 bridgehead atoms. The summed E-state index contributed by atoms with van der Waals surface area (Å²) in [6, 6.07) is 3.48. The Morgan fingerprint density at radius 3 is 2.56 bits per heavy atom. The SMILES string of the molecule is CC(C)CNC(=O)C(=O)NC(C)Cc1ccco1. The van der Waals surface area contributed by atoms with Crippen LogP contribution in [-0.2, 0) is 16.0 Å². The molecule has 0 spiro atoms. The molecule has 1 aromatic heterocycles. The topological polar surface area (TPSA) is 71.3 Å². The minimum absolute atomic E-state index is 0.145. The fourth-order valence-corrected chi connectivity index (χ4v) is 1.45. The molecule has 1 heterocycles. The van der Waals surface area contributed by atoms with Crippen LogP contribution in [0.25, 0.3) is 0 Å². The summed E-state index contributed by atoms with van der Waals surface area (Å²) in [4.78, 5) is 23.0. The van der Waals surface area contributed by atoms with Crippen LogP contribution in [0.3, 0.4) is 0 Å². The zero-order valence-corrected chi connectivity index (χ0v) is 11.0. The molecule has 0 saturated carbocycles. The van der Waals surface area contributed by atoms with Crippen LogP contribution in [0.15, 0.2) is 22.8 Å². The molecule has 2 amide bonds. The summed E-state index contributed by atoms with van der Waals surface area (Å²) in [7, 11) is 0. The summed E-state index contributed by atoms with van der Waals surface area (Å²) in [5, 5.41) is 5.20. The maximum absolute atomic E-state index is 11.5. The van der Waals surface area contributed by atoms with Gasteiger partial charge in [0.25, 0.3) is 0 Å². The number of amides is 2. The number of furan rings is 1. The van der Waals surface area contributed by atoms with Crippen LogP contribution in [0.1, 0.15) is 26.5 Å². The molecule has 0 aliphatic carbocycles. The molecule has 5 heteroatoms. The summed E-state index contributed by atoms with van der Waals surface area (Å²) < 4.78 is 5.17. The average molecular weight is 252 g/mol. The van der Waals surface area contributed by atoms with Crippen molar-refractivity contribution in [2.24, 2.45) is 5.92 Å². The molecule has 100 valence electrons. The predicted molar refractivity (Wildman–Crippen MR) is 67.9 cm³/mol. The van der Waals surface area contributed by atoms with Gasteiger partial charge in [-0.2, -0.15) is 0 Å². The maximum atomic E-state index is 11.5. The third kappa shape index (κ3) is 5.03. The Morgan fingerprint density at radius 1 is 1.28 bits per heavy atom. The minimum atomic E-state index is -0.602. The van der Waals surface area contributed by atoms with Crippen molar-refractivity contribution in [3.63, 3.8) is 0 Å². The summed E-state index contributed by atoms with van der Waals surface area (Å²) in [5.41, 5.74) is 0. The van der Waals surface area contributed by atoms with E-state index in [9.17, 15) is 9.59 Å². The molecule has 5 nitrogen and oxygen atoms in total. The van der Waals surface area contributed by atoms with Crippen LogP contribution < -0.4 is 10.6 Å². The molecule has 0 aliphatic heterocycles. The van der Waals surface area contributed by atoms with E-state index in [1.54, 1.807) is 12.3 Å². The molecule has 0 saturated heterocycles. The highest BCUT2D eigenvalue weighted by molar-refractivity contribution is 6.35. The Labute approximate surface area is 107 Å². The largest absolute Gasteiger partial charge is 0.469 e. The number of hydrogen-bond donors (Lipinski definition) is 2. The Morgan fingerprint density at radius 2 is 2.00 bits per heavy atom. The van der Waals surface area contributed by atoms with Crippen LogP contribution >= 0.6 is 0 Å². The van der Waals surface area contributed by atoms with Crippen LogP contribution in [0.5, 0.6) is 0 Å². The van der Waals surface area contributed by atoms with Crippen molar-refractivity contribution >= 4 is 11.8 Å². The van der Waals surface area contributed by atoms with E-state index in [1.165, 1.54) is 0 Å². The Bertz CT molecular complexity index is 385. The van der Waals surface area contributed by atoms with Gasteiger partial charge in [-0.05, 0) is 25.0 Å². The molecule has 18 heavy (non-hydrogen) atoms. The van der Waals surface area contributed by atoms with E-state index in [2.05, 4.69) is 10.6 Å². The fraction of sp³-hybridized carbons (Fsp3) is 0.538. The predicted octanol–water partition coefficient (Wildman–Crippen LogP) is 1.10. The summed E-state index contributed by atoms with van der Waals surface area (Å²) in [6.45, 7) is 6.27. The van der Waals surface area contributed by atoms with Gasteiger partial charge in [0.05, 0.1) is 6.26 Å². The molecule has 0 aliphatic rings. The minimum Gasteiger partial charge on any atom is -0.469 e. The first-order valence-corrected chi connectivity index (χ1v) is 6.10. The van der Waals surface area contributed by atoms with Gasteiger partial charge in [0, 0.05) is 19.0 Å². The first-order valence-electron chi connectivity index (χ1n) is 6.10. The van der Waals surface area contributed by atoms with E-state index < -0.39 is 11.8 Å². The number of rotatable bonds is 5. The third-order valence-corrected chi connectivity index (χ3v) is 2.34. The van der Waals surface area contributed by atoms with Crippen molar-refractivity contribution in [1.82, 2.24) is 10.6 Å².